The highest BCUT2D eigenvalue weighted by Crippen LogP contribution is 2.47. The number of benzene rings is 2. The first-order valence-electron chi connectivity index (χ1n) is 35.6. The summed E-state index contributed by atoms with van der Waals surface area (Å²) in [5.41, 5.74) is 13.9. The fraction of sp³-hybridized carbons (Fsp3) is 0.590. The van der Waals surface area contributed by atoms with Gasteiger partial charge >= 0.3 is 0 Å². The van der Waals surface area contributed by atoms with E-state index in [-0.39, 0.29) is 0 Å². The van der Waals surface area contributed by atoms with Gasteiger partial charge in [0.1, 0.15) is 23.0 Å². The molecule has 11 rings (SSSR count). The summed E-state index contributed by atoms with van der Waals surface area (Å²) in [5.74, 6) is 3.59. The Morgan fingerprint density at radius 3 is 0.953 bits per heavy atom. The molecule has 5 aromatic rings. The van der Waals surface area contributed by atoms with E-state index >= 15 is 0 Å². The number of aryl methyl sites for hydroxylation is 2. The molecule has 0 fully saturated rings. The monoisotopic (exact) mass is 1170 g/mol. The van der Waals surface area contributed by atoms with E-state index in [0.717, 1.165) is 161 Å². The SMILES string of the molecule is CCCCCCCCCCCCCc1cc2c3c(c1)OCCCCCCCCCCOc1cc(CCCCCCCCCCCCC)cc(c1-c1c4ccc(cc5nc(c-3c3nc(cc6ccc1[nH]6)C=C3)C=C5)[nH]4)OCCCCCCCCCCO2. The Morgan fingerprint density at radius 2 is 0.616 bits per heavy atom. The number of aromatic nitrogens is 4. The minimum atomic E-state index is 0.651. The van der Waals surface area contributed by atoms with E-state index in [1.165, 1.54) is 197 Å². The Balaban J connectivity index is 1.13. The van der Waals surface area contributed by atoms with Crippen LogP contribution in [0.1, 0.15) is 292 Å². The molecule has 0 saturated carbocycles. The lowest BCUT2D eigenvalue weighted by Crippen LogP contribution is -2.06. The Hall–Kier alpha value is -5.76. The third-order valence-electron chi connectivity index (χ3n) is 18.4. The molecular weight excluding hydrogens is 1060 g/mol. The highest BCUT2D eigenvalue weighted by Gasteiger charge is 2.25. The maximum Gasteiger partial charge on any atom is 0.131 e. The first-order valence-corrected chi connectivity index (χ1v) is 35.6. The number of aromatic amines is 2. The van der Waals surface area contributed by atoms with Gasteiger partial charge in [0, 0.05) is 33.2 Å². The fourth-order valence-electron chi connectivity index (χ4n) is 13.4. The van der Waals surface area contributed by atoms with Crippen LogP contribution in [0.25, 0.3) is 68.6 Å². The van der Waals surface area contributed by atoms with Crippen molar-refractivity contribution in [1.29, 1.82) is 0 Å². The van der Waals surface area contributed by atoms with Gasteiger partial charge in [-0.15, -0.1) is 0 Å². The molecule has 0 amide bonds. The van der Waals surface area contributed by atoms with Crippen LogP contribution in [0.3, 0.4) is 0 Å². The van der Waals surface area contributed by atoms with Gasteiger partial charge in [-0.25, -0.2) is 9.97 Å². The normalized spacial score (nSPS) is 15.6. The van der Waals surface area contributed by atoms with Crippen molar-refractivity contribution in [2.45, 2.75) is 271 Å². The molecule has 86 heavy (non-hydrogen) atoms. The van der Waals surface area contributed by atoms with Crippen molar-refractivity contribution in [2.24, 2.45) is 0 Å². The Labute approximate surface area is 519 Å². The number of rotatable bonds is 24. The van der Waals surface area contributed by atoms with Crippen LogP contribution in [0.15, 0.2) is 60.7 Å². The molecule has 0 saturated heterocycles. The molecule has 12 bridgehead atoms. The molecule has 8 nitrogen and oxygen atoms in total. The van der Waals surface area contributed by atoms with Crippen molar-refractivity contribution in [3.05, 3.63) is 94.6 Å². The quantitative estimate of drug-likeness (QED) is 0.0586. The number of H-pyrrole nitrogens is 2. The van der Waals surface area contributed by atoms with Gasteiger partial charge in [0.25, 0.3) is 0 Å². The zero-order valence-corrected chi connectivity index (χ0v) is 53.7. The highest BCUT2D eigenvalue weighted by molar-refractivity contribution is 5.99. The molecule has 6 aliphatic rings. The molecule has 2 aromatic carbocycles. The van der Waals surface area contributed by atoms with Gasteiger partial charge in [0.05, 0.1) is 60.3 Å². The van der Waals surface area contributed by atoms with E-state index in [4.69, 9.17) is 28.9 Å². The summed E-state index contributed by atoms with van der Waals surface area (Å²) in [6, 6.07) is 22.6. The van der Waals surface area contributed by atoms with E-state index in [2.05, 4.69) is 109 Å². The topological polar surface area (TPSA) is 94.3 Å². The van der Waals surface area contributed by atoms with E-state index in [0.29, 0.717) is 26.4 Å². The molecule has 0 unspecified atom stereocenters. The molecule has 3 aromatic heterocycles. The van der Waals surface area contributed by atoms with E-state index in [1.54, 1.807) is 0 Å². The Bertz CT molecular complexity index is 2870. The van der Waals surface area contributed by atoms with Gasteiger partial charge in [-0.2, -0.15) is 0 Å². The first-order chi connectivity index (χ1) is 42.6. The maximum absolute atomic E-state index is 7.14. The van der Waals surface area contributed by atoms with Crippen molar-refractivity contribution < 1.29 is 18.9 Å². The predicted octanol–water partition coefficient (Wildman–Crippen LogP) is 23.5. The van der Waals surface area contributed by atoms with Crippen LogP contribution < -0.4 is 18.9 Å². The summed E-state index contributed by atoms with van der Waals surface area (Å²) in [6.45, 7) is 7.24. The summed E-state index contributed by atoms with van der Waals surface area (Å²) < 4.78 is 28.5. The second kappa shape index (κ2) is 37.2. The van der Waals surface area contributed by atoms with Crippen molar-refractivity contribution in [3.63, 3.8) is 0 Å². The second-order valence-corrected chi connectivity index (χ2v) is 25.8. The van der Waals surface area contributed by atoms with Crippen LogP contribution >= 0.6 is 0 Å². The summed E-state index contributed by atoms with van der Waals surface area (Å²) >= 11 is 0. The predicted molar refractivity (Wildman–Crippen MR) is 366 cm³/mol. The van der Waals surface area contributed by atoms with Gasteiger partial charge < -0.3 is 28.9 Å². The molecule has 0 aliphatic carbocycles. The summed E-state index contributed by atoms with van der Waals surface area (Å²) in [5, 5.41) is 0. The van der Waals surface area contributed by atoms with Crippen LogP contribution in [0.5, 0.6) is 23.0 Å². The number of nitrogens with zero attached hydrogens (tertiary/aromatic N) is 2. The van der Waals surface area contributed by atoms with Gasteiger partial charge in [-0.05, 0) is 147 Å². The Kier molecular flexibility index (Phi) is 28.0. The minimum Gasteiger partial charge on any atom is -0.493 e. The maximum atomic E-state index is 7.14. The molecule has 9 heterocycles. The van der Waals surface area contributed by atoms with Crippen molar-refractivity contribution in [1.82, 2.24) is 19.9 Å². The number of hydrogen-bond acceptors (Lipinski definition) is 6. The third kappa shape index (κ3) is 20.7. The fourth-order valence-corrected chi connectivity index (χ4v) is 13.4. The largest absolute Gasteiger partial charge is 0.493 e. The first kappa shape index (κ1) is 64.7. The van der Waals surface area contributed by atoms with Crippen LogP contribution in [0.2, 0.25) is 0 Å². The zero-order valence-electron chi connectivity index (χ0n) is 53.7. The summed E-state index contributed by atoms with van der Waals surface area (Å²) in [7, 11) is 0. The molecule has 6 aliphatic heterocycles. The van der Waals surface area contributed by atoms with Crippen molar-refractivity contribution in [3.8, 4) is 45.3 Å². The summed E-state index contributed by atoms with van der Waals surface area (Å²) in [4.78, 5) is 18.8. The second-order valence-electron chi connectivity index (χ2n) is 25.8. The number of nitrogens with one attached hydrogen (secondary N) is 2. The lowest BCUT2D eigenvalue weighted by molar-refractivity contribution is 0.288. The molecule has 0 radical (unpaired) electrons. The number of hydrogen-bond donors (Lipinski definition) is 2. The van der Waals surface area contributed by atoms with Crippen LogP contribution in [-0.2, 0) is 12.8 Å². The highest BCUT2D eigenvalue weighted by atomic mass is 16.5. The average Bonchev–Trinajstić information content (AvgIpc) is 2.18. The van der Waals surface area contributed by atoms with Crippen LogP contribution in [0.4, 0.5) is 0 Å². The van der Waals surface area contributed by atoms with Gasteiger partial charge in [0.15, 0.2) is 0 Å². The number of ether oxygens (including phenoxy) is 4. The molecule has 466 valence electrons. The lowest BCUT2D eigenvalue weighted by Gasteiger charge is -2.20. The number of unbranched alkanes of at least 4 members (excludes halogenated alkanes) is 20. The van der Waals surface area contributed by atoms with E-state index < -0.39 is 0 Å². The molecular formula is C78H110N4O4. The van der Waals surface area contributed by atoms with Gasteiger partial charge in [-0.1, -0.05) is 219 Å². The van der Waals surface area contributed by atoms with E-state index in [1.807, 2.05) is 0 Å². The average molecular weight is 1170 g/mol. The van der Waals surface area contributed by atoms with Gasteiger partial charge in [-0.3, -0.25) is 0 Å². The van der Waals surface area contributed by atoms with Crippen LogP contribution in [0, 0.1) is 0 Å². The third-order valence-corrected chi connectivity index (χ3v) is 18.4. The molecule has 2 N–H and O–H groups in total. The van der Waals surface area contributed by atoms with Crippen molar-refractivity contribution >= 4 is 46.4 Å². The summed E-state index contributed by atoms with van der Waals surface area (Å²) in [6.07, 6.45) is 58.4. The zero-order chi connectivity index (χ0) is 59.1. The molecule has 0 atom stereocenters. The smallest absolute Gasteiger partial charge is 0.131 e. The van der Waals surface area contributed by atoms with Gasteiger partial charge in [0.2, 0.25) is 0 Å². The minimum absolute atomic E-state index is 0.651. The Morgan fingerprint density at radius 1 is 0.314 bits per heavy atom. The van der Waals surface area contributed by atoms with Crippen LogP contribution in [-0.4, -0.2) is 46.4 Å². The standard InChI is InChI=1S/C78H110N4O4/c1-3-5-7-9-11-13-15-17-23-29-35-41-61-55-71-77-72(56-61)84-52-38-32-26-20-22-28-34-40-54-86-74-58-62(42-36-30-24-18-16-14-12-10-8-6-4-2)57-73(85-53-39-33-27-21-19-25-31-37-51-83-71)78(74)76-69-49-45-65(81-69)59-63-43-47-67(79-63)75(77)68-48-44-64(80-68)60-66-46-50-70(76)82-66/h43-50,55-60,79-80H,3-42,51-54H2,1-2H3. The van der Waals surface area contributed by atoms with Crippen molar-refractivity contribution in [2.75, 3.05) is 26.4 Å². The molecule has 8 heteroatoms. The van der Waals surface area contributed by atoms with E-state index in [9.17, 15) is 0 Å². The molecule has 0 spiro atoms. The lowest BCUT2D eigenvalue weighted by atomic mass is 9.96. The number of fused-ring (bicyclic) bond motifs is 22.